The van der Waals surface area contributed by atoms with Crippen molar-refractivity contribution >= 4 is 11.9 Å². The van der Waals surface area contributed by atoms with E-state index in [1.807, 2.05) is 56.3 Å². The fourth-order valence-corrected chi connectivity index (χ4v) is 3.62. The van der Waals surface area contributed by atoms with E-state index in [1.165, 1.54) is 0 Å². The van der Waals surface area contributed by atoms with Crippen LogP contribution >= 0.6 is 0 Å². The van der Waals surface area contributed by atoms with E-state index in [0.29, 0.717) is 18.3 Å². The Labute approximate surface area is 182 Å². The second kappa shape index (κ2) is 9.12. The quantitative estimate of drug-likeness (QED) is 0.607. The van der Waals surface area contributed by atoms with E-state index >= 15 is 0 Å². The Bertz CT molecular complexity index is 1090. The molecular weight excluding hydrogens is 390 g/mol. The van der Waals surface area contributed by atoms with Gasteiger partial charge in [0.2, 0.25) is 11.9 Å². The Morgan fingerprint density at radius 2 is 2.03 bits per heavy atom. The van der Waals surface area contributed by atoms with Crippen LogP contribution in [0.1, 0.15) is 30.5 Å². The summed E-state index contributed by atoms with van der Waals surface area (Å²) in [6.45, 7) is 2.40. The van der Waals surface area contributed by atoms with Gasteiger partial charge in [-0.05, 0) is 31.7 Å². The largest absolute Gasteiger partial charge is 0.356 e. The average molecular weight is 418 g/mol. The predicted molar refractivity (Wildman–Crippen MR) is 120 cm³/mol. The normalized spacial score (nSPS) is 15.6. The highest BCUT2D eigenvalue weighted by atomic mass is 16.5. The van der Waals surface area contributed by atoms with E-state index in [9.17, 15) is 4.79 Å². The lowest BCUT2D eigenvalue weighted by molar-refractivity contribution is -0.125. The number of amides is 1. The Hall–Kier alpha value is -3.48. The molecule has 0 unspecified atom stereocenters. The molecule has 2 aromatic heterocycles. The van der Waals surface area contributed by atoms with Crippen molar-refractivity contribution in [2.75, 3.05) is 19.0 Å². The van der Waals surface area contributed by atoms with Crippen molar-refractivity contribution in [3.8, 4) is 22.6 Å². The maximum Gasteiger partial charge on any atom is 0.225 e. The van der Waals surface area contributed by atoms with E-state index in [0.717, 1.165) is 47.3 Å². The Morgan fingerprint density at radius 3 is 2.68 bits per heavy atom. The number of hydrogen-bond donors (Lipinski definition) is 1. The number of benzene rings is 1. The fraction of sp³-hybridized carbons (Fsp3) is 0.333. The SMILES string of the molecule is Cc1cc(-c2cnc(N(C)C)nc2-c2ccc(CNC(=O)[C@H]3CC=CCC3)cc2)on1. The molecule has 1 aliphatic carbocycles. The van der Waals surface area contributed by atoms with E-state index in [2.05, 4.69) is 27.6 Å². The van der Waals surface area contributed by atoms with Gasteiger partial charge in [0.05, 0.1) is 17.0 Å². The van der Waals surface area contributed by atoms with Gasteiger partial charge in [0, 0.05) is 44.4 Å². The van der Waals surface area contributed by atoms with E-state index < -0.39 is 0 Å². The predicted octanol–water partition coefficient (Wildman–Crippen LogP) is 4.15. The van der Waals surface area contributed by atoms with Crippen LogP contribution in [0, 0.1) is 12.8 Å². The van der Waals surface area contributed by atoms with Gasteiger partial charge < -0.3 is 14.7 Å². The van der Waals surface area contributed by atoms with E-state index in [-0.39, 0.29) is 11.8 Å². The number of hydrogen-bond acceptors (Lipinski definition) is 6. The fourth-order valence-electron chi connectivity index (χ4n) is 3.62. The number of carbonyl (C=O) groups excluding carboxylic acids is 1. The molecule has 0 saturated carbocycles. The van der Waals surface area contributed by atoms with Crippen LogP contribution in [0.15, 0.2) is 53.2 Å². The summed E-state index contributed by atoms with van der Waals surface area (Å²) < 4.78 is 5.46. The number of allylic oxidation sites excluding steroid dienone is 2. The number of nitrogens with zero attached hydrogens (tertiary/aromatic N) is 4. The van der Waals surface area contributed by atoms with Gasteiger partial charge in [-0.15, -0.1) is 0 Å². The zero-order valence-corrected chi connectivity index (χ0v) is 18.1. The maximum atomic E-state index is 12.4. The van der Waals surface area contributed by atoms with Gasteiger partial charge in [-0.2, -0.15) is 0 Å². The van der Waals surface area contributed by atoms with E-state index in [1.54, 1.807) is 6.20 Å². The summed E-state index contributed by atoms with van der Waals surface area (Å²) in [4.78, 5) is 23.4. The number of anilines is 1. The second-order valence-corrected chi connectivity index (χ2v) is 8.06. The molecule has 7 nitrogen and oxygen atoms in total. The molecule has 0 saturated heterocycles. The van der Waals surface area contributed by atoms with Crippen molar-refractivity contribution in [3.63, 3.8) is 0 Å². The molecule has 7 heteroatoms. The summed E-state index contributed by atoms with van der Waals surface area (Å²) in [6, 6.07) is 9.94. The monoisotopic (exact) mass is 417 g/mol. The van der Waals surface area contributed by atoms with Gasteiger partial charge in [-0.1, -0.05) is 41.6 Å². The van der Waals surface area contributed by atoms with Crippen LogP contribution in [0.5, 0.6) is 0 Å². The van der Waals surface area contributed by atoms with Crippen molar-refractivity contribution in [2.45, 2.75) is 32.7 Å². The van der Waals surface area contributed by atoms with Crippen LogP contribution in [0.25, 0.3) is 22.6 Å². The molecule has 1 amide bonds. The summed E-state index contributed by atoms with van der Waals surface area (Å²) >= 11 is 0. The van der Waals surface area contributed by atoms with Crippen LogP contribution < -0.4 is 10.2 Å². The van der Waals surface area contributed by atoms with Gasteiger partial charge in [-0.3, -0.25) is 4.79 Å². The molecule has 1 aromatic carbocycles. The van der Waals surface area contributed by atoms with Crippen LogP contribution in [0.4, 0.5) is 5.95 Å². The lowest BCUT2D eigenvalue weighted by atomic mass is 9.93. The highest BCUT2D eigenvalue weighted by molar-refractivity contribution is 5.80. The van der Waals surface area contributed by atoms with Crippen molar-refractivity contribution in [1.29, 1.82) is 0 Å². The standard InChI is InChI=1S/C24H27N5O2/c1-16-13-21(31-28-16)20-15-26-24(29(2)3)27-22(20)18-11-9-17(10-12-18)14-25-23(30)19-7-5-4-6-8-19/h4-5,9-13,15,19H,6-8,14H2,1-3H3,(H,25,30)/t19-/m0/s1. The van der Waals surface area contributed by atoms with Crippen LogP contribution in [0.2, 0.25) is 0 Å². The topological polar surface area (TPSA) is 84.2 Å². The third-order valence-electron chi connectivity index (χ3n) is 5.40. The first kappa shape index (κ1) is 20.8. The molecule has 4 rings (SSSR count). The van der Waals surface area contributed by atoms with Gasteiger partial charge >= 0.3 is 0 Å². The van der Waals surface area contributed by atoms with Gasteiger partial charge in [0.1, 0.15) is 0 Å². The highest BCUT2D eigenvalue weighted by Crippen LogP contribution is 2.31. The summed E-state index contributed by atoms with van der Waals surface area (Å²) in [6.07, 6.45) is 8.74. The number of aryl methyl sites for hydroxylation is 1. The molecule has 0 spiro atoms. The summed E-state index contributed by atoms with van der Waals surface area (Å²) in [7, 11) is 3.82. The van der Waals surface area contributed by atoms with Crippen LogP contribution in [0.3, 0.4) is 0 Å². The Kier molecular flexibility index (Phi) is 6.11. The maximum absolute atomic E-state index is 12.4. The molecule has 0 aliphatic heterocycles. The third-order valence-corrected chi connectivity index (χ3v) is 5.40. The molecule has 3 aromatic rings. The average Bonchev–Trinajstić information content (AvgIpc) is 3.24. The first-order chi connectivity index (χ1) is 15.0. The molecule has 0 radical (unpaired) electrons. The second-order valence-electron chi connectivity index (χ2n) is 8.06. The zero-order valence-electron chi connectivity index (χ0n) is 18.1. The van der Waals surface area contributed by atoms with Crippen LogP contribution in [-0.2, 0) is 11.3 Å². The van der Waals surface area contributed by atoms with Gasteiger partial charge in [0.15, 0.2) is 5.76 Å². The minimum absolute atomic E-state index is 0.0858. The first-order valence-electron chi connectivity index (χ1n) is 10.5. The molecule has 0 bridgehead atoms. The minimum atomic E-state index is 0.0858. The van der Waals surface area contributed by atoms with Crippen molar-refractivity contribution in [1.82, 2.24) is 20.4 Å². The molecule has 2 heterocycles. The highest BCUT2D eigenvalue weighted by Gasteiger charge is 2.19. The molecule has 1 N–H and O–H groups in total. The molecule has 0 fully saturated rings. The van der Waals surface area contributed by atoms with Crippen molar-refractivity contribution in [2.24, 2.45) is 5.92 Å². The smallest absolute Gasteiger partial charge is 0.225 e. The summed E-state index contributed by atoms with van der Waals surface area (Å²) in [5.41, 5.74) is 4.36. The third kappa shape index (κ3) is 4.82. The minimum Gasteiger partial charge on any atom is -0.356 e. The lowest BCUT2D eigenvalue weighted by Gasteiger charge is -2.17. The lowest BCUT2D eigenvalue weighted by Crippen LogP contribution is -2.30. The molecular formula is C24H27N5O2. The first-order valence-corrected chi connectivity index (χ1v) is 10.5. The van der Waals surface area contributed by atoms with Crippen molar-refractivity contribution < 1.29 is 9.32 Å². The Morgan fingerprint density at radius 1 is 1.23 bits per heavy atom. The van der Waals surface area contributed by atoms with Gasteiger partial charge in [0.25, 0.3) is 0 Å². The number of rotatable bonds is 6. The number of nitrogens with one attached hydrogen (secondary N) is 1. The Balaban J connectivity index is 1.54. The van der Waals surface area contributed by atoms with E-state index in [4.69, 9.17) is 9.51 Å². The number of carbonyl (C=O) groups is 1. The van der Waals surface area contributed by atoms with Crippen molar-refractivity contribution in [3.05, 3.63) is 59.9 Å². The molecule has 160 valence electrons. The molecule has 31 heavy (non-hydrogen) atoms. The van der Waals surface area contributed by atoms with Gasteiger partial charge in [-0.25, -0.2) is 9.97 Å². The zero-order chi connectivity index (χ0) is 21.8. The molecule has 1 atom stereocenters. The summed E-state index contributed by atoms with van der Waals surface area (Å²) in [5, 5.41) is 7.06. The number of aromatic nitrogens is 3. The molecule has 1 aliphatic rings. The van der Waals surface area contributed by atoms with Crippen LogP contribution in [-0.4, -0.2) is 35.1 Å². The summed E-state index contributed by atoms with van der Waals surface area (Å²) in [5.74, 6) is 1.47.